The van der Waals surface area contributed by atoms with Crippen molar-refractivity contribution in [3.05, 3.63) is 29.8 Å². The fourth-order valence-corrected chi connectivity index (χ4v) is 3.63. The zero-order chi connectivity index (χ0) is 15.9. The summed E-state index contributed by atoms with van der Waals surface area (Å²) in [4.78, 5) is 2.54. The highest BCUT2D eigenvalue weighted by atomic mass is 32.2. The van der Waals surface area contributed by atoms with Gasteiger partial charge in [-0.05, 0) is 54.1 Å². The van der Waals surface area contributed by atoms with E-state index in [1.165, 1.54) is 32.4 Å². The maximum Gasteiger partial charge on any atom is 0.209 e. The molecule has 0 bridgehead atoms. The summed E-state index contributed by atoms with van der Waals surface area (Å²) >= 11 is 1.73. The smallest absolute Gasteiger partial charge is 0.209 e. The van der Waals surface area contributed by atoms with E-state index in [1.807, 2.05) is 28.9 Å². The molecule has 1 aromatic heterocycles. The highest BCUT2D eigenvalue weighted by Gasteiger charge is 2.12. The summed E-state index contributed by atoms with van der Waals surface area (Å²) in [5, 5.41) is 13.0. The van der Waals surface area contributed by atoms with Crippen LogP contribution in [0.3, 0.4) is 0 Å². The van der Waals surface area contributed by atoms with Gasteiger partial charge in [0.25, 0.3) is 0 Å². The molecule has 0 saturated carbocycles. The van der Waals surface area contributed by atoms with Crippen molar-refractivity contribution in [3.8, 4) is 5.75 Å². The van der Waals surface area contributed by atoms with Gasteiger partial charge in [0.2, 0.25) is 5.16 Å². The van der Waals surface area contributed by atoms with Crippen molar-refractivity contribution in [2.45, 2.75) is 31.0 Å². The molecular weight excluding hydrogens is 310 g/mol. The largest absolute Gasteiger partial charge is 0.497 e. The number of benzene rings is 1. The lowest BCUT2D eigenvalue weighted by atomic mass is 10.1. The molecule has 23 heavy (non-hydrogen) atoms. The molecule has 0 unspecified atom stereocenters. The number of piperidine rings is 1. The molecule has 7 heteroatoms. The van der Waals surface area contributed by atoms with E-state index in [1.54, 1.807) is 18.9 Å². The fourth-order valence-electron chi connectivity index (χ4n) is 2.75. The first-order valence-corrected chi connectivity index (χ1v) is 9.08. The van der Waals surface area contributed by atoms with Crippen LogP contribution in [-0.2, 0) is 6.54 Å². The fraction of sp³-hybridized carbons (Fsp3) is 0.562. The number of ether oxygens (including phenoxy) is 1. The number of nitrogens with zero attached hydrogens (tertiary/aromatic N) is 5. The van der Waals surface area contributed by atoms with Crippen LogP contribution in [0.4, 0.5) is 0 Å². The zero-order valence-electron chi connectivity index (χ0n) is 13.5. The summed E-state index contributed by atoms with van der Waals surface area (Å²) in [5.41, 5.74) is 1.16. The molecule has 1 aliphatic heterocycles. The Hall–Kier alpha value is -1.60. The summed E-state index contributed by atoms with van der Waals surface area (Å²) in [6, 6.07) is 8.01. The standard InChI is InChI=1S/C16H23N5OS/c1-22-15-7-5-14(6-8-15)13-21-16(17-18-19-21)23-12-11-20-9-3-2-4-10-20/h5-8H,2-4,9-13H2,1H3. The van der Waals surface area contributed by atoms with Gasteiger partial charge in [-0.1, -0.05) is 30.3 Å². The molecule has 0 aliphatic carbocycles. The van der Waals surface area contributed by atoms with Gasteiger partial charge in [0.1, 0.15) is 5.75 Å². The summed E-state index contributed by atoms with van der Waals surface area (Å²) in [5.74, 6) is 1.89. The maximum absolute atomic E-state index is 5.18. The Balaban J connectivity index is 1.51. The number of tetrazole rings is 1. The molecule has 1 saturated heterocycles. The number of thioether (sulfide) groups is 1. The zero-order valence-corrected chi connectivity index (χ0v) is 14.3. The van der Waals surface area contributed by atoms with Crippen molar-refractivity contribution in [1.82, 2.24) is 25.1 Å². The van der Waals surface area contributed by atoms with E-state index < -0.39 is 0 Å². The third-order valence-corrected chi connectivity index (χ3v) is 5.02. The number of methoxy groups -OCH3 is 1. The Bertz CT molecular complexity index is 595. The highest BCUT2D eigenvalue weighted by Crippen LogP contribution is 2.18. The van der Waals surface area contributed by atoms with Gasteiger partial charge in [-0.2, -0.15) is 0 Å². The lowest BCUT2D eigenvalue weighted by Gasteiger charge is -2.25. The van der Waals surface area contributed by atoms with Crippen LogP contribution in [0.15, 0.2) is 29.4 Å². The van der Waals surface area contributed by atoms with Crippen molar-refractivity contribution < 1.29 is 4.74 Å². The van der Waals surface area contributed by atoms with E-state index in [0.717, 1.165) is 28.8 Å². The molecule has 2 heterocycles. The second-order valence-corrected chi connectivity index (χ2v) is 6.78. The van der Waals surface area contributed by atoms with Crippen LogP contribution in [0.25, 0.3) is 0 Å². The molecule has 2 aromatic rings. The second-order valence-electron chi connectivity index (χ2n) is 5.72. The van der Waals surface area contributed by atoms with E-state index in [0.29, 0.717) is 6.54 Å². The van der Waals surface area contributed by atoms with Gasteiger partial charge in [0.05, 0.1) is 13.7 Å². The van der Waals surface area contributed by atoms with Gasteiger partial charge in [0.15, 0.2) is 0 Å². The Labute approximate surface area is 141 Å². The normalized spacial score (nSPS) is 15.7. The third kappa shape index (κ3) is 4.68. The predicted octanol–water partition coefficient (Wildman–Crippen LogP) is 2.31. The SMILES string of the molecule is COc1ccc(Cn2nnnc2SCCN2CCCCC2)cc1. The van der Waals surface area contributed by atoms with Crippen molar-refractivity contribution in [2.24, 2.45) is 0 Å². The average molecular weight is 333 g/mol. The lowest BCUT2D eigenvalue weighted by Crippen LogP contribution is -2.31. The summed E-state index contributed by atoms with van der Waals surface area (Å²) in [6.45, 7) is 4.26. The van der Waals surface area contributed by atoms with Crippen LogP contribution < -0.4 is 4.74 Å². The Morgan fingerprint density at radius 2 is 1.91 bits per heavy atom. The van der Waals surface area contributed by atoms with E-state index in [9.17, 15) is 0 Å². The quantitative estimate of drug-likeness (QED) is 0.725. The first-order chi connectivity index (χ1) is 11.3. The molecule has 0 N–H and O–H groups in total. The molecule has 1 fully saturated rings. The van der Waals surface area contributed by atoms with Gasteiger partial charge >= 0.3 is 0 Å². The number of hydrogen-bond acceptors (Lipinski definition) is 6. The van der Waals surface area contributed by atoms with Gasteiger partial charge in [-0.15, -0.1) is 5.10 Å². The molecule has 0 amide bonds. The third-order valence-electron chi connectivity index (χ3n) is 4.08. The molecule has 1 aliphatic rings. The van der Waals surface area contributed by atoms with E-state index in [4.69, 9.17) is 4.74 Å². The first-order valence-electron chi connectivity index (χ1n) is 8.09. The van der Waals surface area contributed by atoms with Crippen LogP contribution in [0, 0.1) is 0 Å². The molecule has 3 rings (SSSR count). The topological polar surface area (TPSA) is 56.1 Å². The van der Waals surface area contributed by atoms with Crippen molar-refractivity contribution >= 4 is 11.8 Å². The Morgan fingerprint density at radius 1 is 1.13 bits per heavy atom. The van der Waals surface area contributed by atoms with Crippen LogP contribution in [0.5, 0.6) is 5.75 Å². The van der Waals surface area contributed by atoms with E-state index >= 15 is 0 Å². The first kappa shape index (κ1) is 16.3. The minimum atomic E-state index is 0.684. The van der Waals surface area contributed by atoms with Crippen molar-refractivity contribution in [3.63, 3.8) is 0 Å². The lowest BCUT2D eigenvalue weighted by molar-refractivity contribution is 0.242. The maximum atomic E-state index is 5.18. The van der Waals surface area contributed by atoms with Crippen molar-refractivity contribution in [1.29, 1.82) is 0 Å². The summed E-state index contributed by atoms with van der Waals surface area (Å²) < 4.78 is 7.05. The molecule has 0 atom stereocenters. The average Bonchev–Trinajstić information content (AvgIpc) is 3.04. The molecule has 0 radical (unpaired) electrons. The Kier molecular flexibility index (Phi) is 5.87. The van der Waals surface area contributed by atoms with Gasteiger partial charge in [-0.25, -0.2) is 4.68 Å². The van der Waals surface area contributed by atoms with Crippen LogP contribution in [0.1, 0.15) is 24.8 Å². The number of aromatic nitrogens is 4. The second kappa shape index (κ2) is 8.31. The molecule has 6 nitrogen and oxygen atoms in total. The molecular formula is C16H23N5OS. The minimum absolute atomic E-state index is 0.684. The van der Waals surface area contributed by atoms with Gasteiger partial charge in [0, 0.05) is 12.3 Å². The summed E-state index contributed by atoms with van der Waals surface area (Å²) in [7, 11) is 1.67. The van der Waals surface area contributed by atoms with Crippen LogP contribution in [-0.4, -0.2) is 57.6 Å². The highest BCUT2D eigenvalue weighted by molar-refractivity contribution is 7.99. The van der Waals surface area contributed by atoms with Gasteiger partial charge in [-0.3, -0.25) is 0 Å². The predicted molar refractivity (Wildman–Crippen MR) is 90.9 cm³/mol. The Morgan fingerprint density at radius 3 is 2.65 bits per heavy atom. The van der Waals surface area contributed by atoms with Crippen LogP contribution >= 0.6 is 11.8 Å². The number of likely N-dealkylation sites (tertiary alicyclic amines) is 1. The minimum Gasteiger partial charge on any atom is -0.497 e. The van der Waals surface area contributed by atoms with Gasteiger partial charge < -0.3 is 9.64 Å². The summed E-state index contributed by atoms with van der Waals surface area (Å²) in [6.07, 6.45) is 4.05. The number of hydrogen-bond donors (Lipinski definition) is 0. The van der Waals surface area contributed by atoms with Crippen LogP contribution in [0.2, 0.25) is 0 Å². The van der Waals surface area contributed by atoms with Crippen molar-refractivity contribution in [2.75, 3.05) is 32.5 Å². The monoisotopic (exact) mass is 333 g/mol. The molecule has 0 spiro atoms. The molecule has 124 valence electrons. The van der Waals surface area contributed by atoms with E-state index in [2.05, 4.69) is 20.4 Å². The number of rotatable bonds is 7. The van der Waals surface area contributed by atoms with E-state index in [-0.39, 0.29) is 0 Å². The molecule has 1 aromatic carbocycles.